The molecule has 0 aliphatic carbocycles. The predicted octanol–water partition coefficient (Wildman–Crippen LogP) is 2.13. The Labute approximate surface area is 115 Å². The first-order valence-corrected chi connectivity index (χ1v) is 6.00. The highest BCUT2D eigenvalue weighted by Crippen LogP contribution is 2.31. The number of hydrogen-bond acceptors (Lipinski definition) is 4. The normalized spacial score (nSPS) is 10.3. The van der Waals surface area contributed by atoms with Crippen molar-refractivity contribution in [2.75, 3.05) is 14.2 Å². The average Bonchev–Trinajstić information content (AvgIpc) is 2.42. The summed E-state index contributed by atoms with van der Waals surface area (Å²) in [5.74, 6) is 1.24. The molecule has 1 heterocycles. The maximum Gasteiger partial charge on any atom is 0.326 e. The van der Waals surface area contributed by atoms with E-state index in [2.05, 4.69) is 4.98 Å². The Balaban J connectivity index is 2.66. The molecule has 0 aliphatic heterocycles. The van der Waals surface area contributed by atoms with Crippen LogP contribution in [0.25, 0.3) is 11.3 Å². The second-order valence-electron chi connectivity index (χ2n) is 3.95. The summed E-state index contributed by atoms with van der Waals surface area (Å²) in [6.45, 7) is 0. The molecule has 100 valence electrons. The van der Waals surface area contributed by atoms with Crippen LogP contribution in [-0.4, -0.2) is 23.8 Å². The van der Waals surface area contributed by atoms with Gasteiger partial charge in [-0.3, -0.25) is 9.55 Å². The number of methoxy groups -OCH3 is 2. The van der Waals surface area contributed by atoms with Gasteiger partial charge in [-0.2, -0.15) is 0 Å². The molecule has 0 amide bonds. The number of hydrogen-bond donors (Lipinski definition) is 1. The fourth-order valence-corrected chi connectivity index (χ4v) is 2.03. The van der Waals surface area contributed by atoms with Gasteiger partial charge in [0.1, 0.15) is 4.64 Å². The third kappa shape index (κ3) is 2.53. The van der Waals surface area contributed by atoms with Crippen molar-refractivity contribution in [3.63, 3.8) is 0 Å². The van der Waals surface area contributed by atoms with Gasteiger partial charge in [-0.25, -0.2) is 4.79 Å². The zero-order valence-electron chi connectivity index (χ0n) is 10.9. The lowest BCUT2D eigenvalue weighted by Crippen LogP contribution is -2.21. The number of benzene rings is 1. The lowest BCUT2D eigenvalue weighted by Gasteiger charge is -2.11. The van der Waals surface area contributed by atoms with Crippen LogP contribution < -0.4 is 15.2 Å². The summed E-state index contributed by atoms with van der Waals surface area (Å²) in [6, 6.07) is 7.18. The monoisotopic (exact) mass is 278 g/mol. The Morgan fingerprint density at radius 3 is 2.47 bits per heavy atom. The molecule has 1 aromatic heterocycles. The van der Waals surface area contributed by atoms with Crippen molar-refractivity contribution in [1.29, 1.82) is 0 Å². The first kappa shape index (κ1) is 13.4. The average molecular weight is 278 g/mol. The Morgan fingerprint density at radius 2 is 1.84 bits per heavy atom. The van der Waals surface area contributed by atoms with Gasteiger partial charge in [0.2, 0.25) is 0 Å². The Morgan fingerprint density at radius 1 is 1.16 bits per heavy atom. The van der Waals surface area contributed by atoms with Crippen LogP contribution in [-0.2, 0) is 7.05 Å². The smallest absolute Gasteiger partial charge is 0.326 e. The molecule has 0 radical (unpaired) electrons. The van der Waals surface area contributed by atoms with Gasteiger partial charge >= 0.3 is 5.69 Å². The molecule has 0 aliphatic rings. The Kier molecular flexibility index (Phi) is 3.71. The number of nitrogens with one attached hydrogen (secondary N) is 1. The van der Waals surface area contributed by atoms with Crippen LogP contribution in [0.1, 0.15) is 0 Å². The van der Waals surface area contributed by atoms with Crippen molar-refractivity contribution in [1.82, 2.24) is 9.55 Å². The third-order valence-electron chi connectivity index (χ3n) is 2.84. The molecule has 0 saturated carbocycles. The van der Waals surface area contributed by atoms with Crippen LogP contribution in [0.4, 0.5) is 0 Å². The zero-order valence-corrected chi connectivity index (χ0v) is 11.7. The first-order chi connectivity index (χ1) is 9.06. The van der Waals surface area contributed by atoms with E-state index in [1.165, 1.54) is 4.57 Å². The molecule has 0 unspecified atom stereocenters. The largest absolute Gasteiger partial charge is 0.493 e. The second-order valence-corrected chi connectivity index (χ2v) is 4.39. The summed E-state index contributed by atoms with van der Waals surface area (Å²) < 4.78 is 12.3. The maximum absolute atomic E-state index is 11.7. The summed E-state index contributed by atoms with van der Waals surface area (Å²) in [5, 5.41) is 0. The minimum atomic E-state index is -0.253. The molecule has 6 heteroatoms. The number of aromatic nitrogens is 2. The number of rotatable bonds is 3. The summed E-state index contributed by atoms with van der Waals surface area (Å²) in [4.78, 5) is 14.3. The molecule has 2 aromatic rings. The van der Waals surface area contributed by atoms with Crippen molar-refractivity contribution in [2.24, 2.45) is 7.05 Å². The van der Waals surface area contributed by atoms with E-state index in [9.17, 15) is 4.79 Å². The lowest BCUT2D eigenvalue weighted by atomic mass is 10.1. The molecule has 0 spiro atoms. The molecule has 0 bridgehead atoms. The molecule has 2 rings (SSSR count). The van der Waals surface area contributed by atoms with Gasteiger partial charge in [0.25, 0.3) is 0 Å². The van der Waals surface area contributed by atoms with Gasteiger partial charge in [-0.05, 0) is 24.3 Å². The van der Waals surface area contributed by atoms with Gasteiger partial charge in [-0.1, -0.05) is 12.2 Å². The van der Waals surface area contributed by atoms with Gasteiger partial charge in [-0.15, -0.1) is 0 Å². The molecule has 0 saturated heterocycles. The van der Waals surface area contributed by atoms with Crippen molar-refractivity contribution >= 4 is 12.2 Å². The van der Waals surface area contributed by atoms with Crippen molar-refractivity contribution in [3.05, 3.63) is 39.4 Å². The summed E-state index contributed by atoms with van der Waals surface area (Å²) in [6.07, 6.45) is 0. The topological polar surface area (TPSA) is 56.2 Å². The summed E-state index contributed by atoms with van der Waals surface area (Å²) >= 11 is 5.03. The van der Waals surface area contributed by atoms with Crippen molar-refractivity contribution in [2.45, 2.75) is 0 Å². The molecular formula is C13H14N2O3S. The Bertz CT molecular complexity index is 719. The van der Waals surface area contributed by atoms with Crippen LogP contribution in [0.5, 0.6) is 11.5 Å². The van der Waals surface area contributed by atoms with Crippen LogP contribution in [0.2, 0.25) is 0 Å². The Hall–Kier alpha value is -2.08. The van der Waals surface area contributed by atoms with E-state index in [0.717, 1.165) is 11.3 Å². The predicted molar refractivity (Wildman–Crippen MR) is 75.4 cm³/mol. The number of nitrogens with zero attached hydrogens (tertiary/aromatic N) is 1. The van der Waals surface area contributed by atoms with Crippen LogP contribution >= 0.6 is 12.2 Å². The van der Waals surface area contributed by atoms with Gasteiger partial charge in [0, 0.05) is 12.6 Å². The van der Waals surface area contributed by atoms with Gasteiger partial charge in [0.05, 0.1) is 19.9 Å². The molecule has 0 atom stereocenters. The van der Waals surface area contributed by atoms with E-state index < -0.39 is 0 Å². The molecule has 1 aromatic carbocycles. The first-order valence-electron chi connectivity index (χ1n) is 5.59. The highest BCUT2D eigenvalue weighted by atomic mass is 32.1. The van der Waals surface area contributed by atoms with Crippen LogP contribution in [0.15, 0.2) is 29.1 Å². The SMILES string of the molecule is COc1ccc(-c2cc(=S)[nH]c(=O)n2C)cc1OC. The van der Waals surface area contributed by atoms with E-state index in [-0.39, 0.29) is 5.69 Å². The molecule has 0 fully saturated rings. The van der Waals surface area contributed by atoms with Crippen LogP contribution in [0.3, 0.4) is 0 Å². The highest BCUT2D eigenvalue weighted by Gasteiger charge is 2.09. The van der Waals surface area contributed by atoms with E-state index in [0.29, 0.717) is 16.1 Å². The fraction of sp³-hybridized carbons (Fsp3) is 0.231. The number of ether oxygens (including phenoxy) is 2. The fourth-order valence-electron chi connectivity index (χ4n) is 1.83. The second kappa shape index (κ2) is 5.27. The van der Waals surface area contributed by atoms with Gasteiger partial charge in [0.15, 0.2) is 11.5 Å². The summed E-state index contributed by atoms with van der Waals surface area (Å²) in [5.41, 5.74) is 1.30. The number of aromatic amines is 1. The summed E-state index contributed by atoms with van der Waals surface area (Å²) in [7, 11) is 4.82. The van der Waals surface area contributed by atoms with Gasteiger partial charge < -0.3 is 9.47 Å². The third-order valence-corrected chi connectivity index (χ3v) is 3.06. The zero-order chi connectivity index (χ0) is 14.0. The van der Waals surface area contributed by atoms with Crippen molar-refractivity contribution in [3.8, 4) is 22.8 Å². The number of H-pyrrole nitrogens is 1. The van der Waals surface area contributed by atoms with E-state index in [1.807, 2.05) is 12.1 Å². The maximum atomic E-state index is 11.7. The minimum Gasteiger partial charge on any atom is -0.493 e. The minimum absolute atomic E-state index is 0.253. The molecule has 1 N–H and O–H groups in total. The molecule has 5 nitrogen and oxygen atoms in total. The van der Waals surface area contributed by atoms with E-state index in [1.54, 1.807) is 33.4 Å². The molecule has 19 heavy (non-hydrogen) atoms. The molecular weight excluding hydrogens is 264 g/mol. The quantitative estimate of drug-likeness (QED) is 0.874. The van der Waals surface area contributed by atoms with Crippen molar-refractivity contribution < 1.29 is 9.47 Å². The lowest BCUT2D eigenvalue weighted by molar-refractivity contribution is 0.355. The van der Waals surface area contributed by atoms with E-state index in [4.69, 9.17) is 21.7 Å². The van der Waals surface area contributed by atoms with E-state index >= 15 is 0 Å². The standard InChI is InChI=1S/C13H14N2O3S/c1-15-9(7-12(19)14-13(15)16)8-4-5-10(17-2)11(6-8)18-3/h4-7H,1-3H3,(H,14,16,19). The highest BCUT2D eigenvalue weighted by molar-refractivity contribution is 7.71. The van der Waals surface area contributed by atoms with Crippen LogP contribution in [0, 0.1) is 4.64 Å².